The molecule has 0 bridgehead atoms. The summed E-state index contributed by atoms with van der Waals surface area (Å²) in [5.74, 6) is -0.154. The number of halogens is 1. The van der Waals surface area contributed by atoms with Gasteiger partial charge in [0.2, 0.25) is 0 Å². The smallest absolute Gasteiger partial charge is 0.169 e. The minimum atomic E-state index is -0.509. The molecule has 0 spiro atoms. The number of carbonyl (C=O) groups is 1. The van der Waals surface area contributed by atoms with Gasteiger partial charge in [0, 0.05) is 12.0 Å². The maximum atomic E-state index is 13.9. The van der Waals surface area contributed by atoms with Crippen LogP contribution >= 0.6 is 0 Å². The van der Waals surface area contributed by atoms with Crippen molar-refractivity contribution in [2.24, 2.45) is 17.6 Å². The Morgan fingerprint density at radius 3 is 2.79 bits per heavy atom. The van der Waals surface area contributed by atoms with Crippen LogP contribution in [-0.4, -0.2) is 19.4 Å². The van der Waals surface area contributed by atoms with Crippen molar-refractivity contribution in [1.29, 1.82) is 0 Å². The first-order chi connectivity index (χ1) is 9.17. The molecule has 3 nitrogen and oxygen atoms in total. The molecule has 1 fully saturated rings. The van der Waals surface area contributed by atoms with E-state index in [1.807, 2.05) is 0 Å². The fraction of sp³-hybridized carbons (Fsp3) is 0.533. The van der Waals surface area contributed by atoms with Crippen molar-refractivity contribution in [3.63, 3.8) is 0 Å². The number of rotatable bonds is 4. The topological polar surface area (TPSA) is 52.3 Å². The molecule has 2 unspecified atom stereocenters. The number of Topliss-reactive ketones (excluding diaryl/α,β-unsaturated/α-hetero) is 1. The third-order valence-corrected chi connectivity index (χ3v) is 3.99. The lowest BCUT2D eigenvalue weighted by Crippen LogP contribution is -2.32. The summed E-state index contributed by atoms with van der Waals surface area (Å²) in [6.45, 7) is 0.494. The van der Waals surface area contributed by atoms with E-state index in [-0.39, 0.29) is 23.2 Å². The zero-order valence-corrected chi connectivity index (χ0v) is 11.2. The lowest BCUT2D eigenvalue weighted by Gasteiger charge is -2.29. The van der Waals surface area contributed by atoms with E-state index >= 15 is 0 Å². The number of benzene rings is 1. The molecule has 1 aromatic rings. The minimum Gasteiger partial charge on any atom is -0.497 e. The first kappa shape index (κ1) is 14.0. The monoisotopic (exact) mass is 265 g/mol. The van der Waals surface area contributed by atoms with Gasteiger partial charge in [-0.1, -0.05) is 12.8 Å². The molecule has 1 aliphatic carbocycles. The van der Waals surface area contributed by atoms with Gasteiger partial charge in [-0.2, -0.15) is 0 Å². The lowest BCUT2D eigenvalue weighted by molar-refractivity contribution is 0.0825. The van der Waals surface area contributed by atoms with Gasteiger partial charge in [-0.3, -0.25) is 4.79 Å². The van der Waals surface area contributed by atoms with Crippen LogP contribution in [0.15, 0.2) is 18.2 Å². The number of ketones is 1. The van der Waals surface area contributed by atoms with Gasteiger partial charge in [-0.05, 0) is 37.4 Å². The molecule has 0 amide bonds. The number of carbonyl (C=O) groups excluding carboxylic acids is 1. The Hall–Kier alpha value is -1.42. The largest absolute Gasteiger partial charge is 0.497 e. The van der Waals surface area contributed by atoms with Crippen molar-refractivity contribution in [3.05, 3.63) is 29.6 Å². The molecule has 0 heterocycles. The van der Waals surface area contributed by atoms with Crippen molar-refractivity contribution in [3.8, 4) is 5.75 Å². The van der Waals surface area contributed by atoms with Crippen LogP contribution in [0.4, 0.5) is 4.39 Å². The lowest BCUT2D eigenvalue weighted by atomic mass is 9.75. The van der Waals surface area contributed by atoms with Gasteiger partial charge in [0.05, 0.1) is 12.7 Å². The summed E-state index contributed by atoms with van der Waals surface area (Å²) in [7, 11) is 1.47. The fourth-order valence-electron chi connectivity index (χ4n) is 2.86. The standard InChI is InChI=1S/C15H20FNO2/c1-19-11-6-7-13(14(16)8-11)15(18)12-5-3-2-4-10(12)9-17/h6-8,10,12H,2-5,9,17H2,1H3. The van der Waals surface area contributed by atoms with Crippen LogP contribution in [0.5, 0.6) is 5.75 Å². The van der Waals surface area contributed by atoms with Crippen LogP contribution in [0.1, 0.15) is 36.0 Å². The summed E-state index contributed by atoms with van der Waals surface area (Å²) in [5.41, 5.74) is 5.89. The highest BCUT2D eigenvalue weighted by atomic mass is 19.1. The zero-order valence-electron chi connectivity index (χ0n) is 11.2. The summed E-state index contributed by atoms with van der Waals surface area (Å²) >= 11 is 0. The molecule has 0 aliphatic heterocycles. The molecule has 104 valence electrons. The predicted octanol–water partition coefficient (Wildman–Crippen LogP) is 2.78. The molecule has 19 heavy (non-hydrogen) atoms. The second kappa shape index (κ2) is 6.15. The highest BCUT2D eigenvalue weighted by Crippen LogP contribution is 2.32. The Kier molecular flexibility index (Phi) is 4.53. The molecule has 2 atom stereocenters. The van der Waals surface area contributed by atoms with E-state index in [1.165, 1.54) is 19.2 Å². The number of methoxy groups -OCH3 is 1. The third-order valence-electron chi connectivity index (χ3n) is 3.99. The van der Waals surface area contributed by atoms with E-state index in [4.69, 9.17) is 10.5 Å². The van der Waals surface area contributed by atoms with Crippen molar-refractivity contribution >= 4 is 5.78 Å². The average molecular weight is 265 g/mol. The third kappa shape index (κ3) is 2.95. The van der Waals surface area contributed by atoms with Gasteiger partial charge in [0.1, 0.15) is 11.6 Å². The van der Waals surface area contributed by atoms with Crippen LogP contribution in [-0.2, 0) is 0 Å². The van der Waals surface area contributed by atoms with E-state index in [0.29, 0.717) is 12.3 Å². The van der Waals surface area contributed by atoms with E-state index in [2.05, 4.69) is 0 Å². The molecular formula is C15H20FNO2. The van der Waals surface area contributed by atoms with E-state index in [9.17, 15) is 9.18 Å². The van der Waals surface area contributed by atoms with Crippen molar-refractivity contribution in [2.75, 3.05) is 13.7 Å². The number of hydrogen-bond donors (Lipinski definition) is 1. The first-order valence-electron chi connectivity index (χ1n) is 6.75. The molecule has 2 N–H and O–H groups in total. The Morgan fingerprint density at radius 1 is 1.42 bits per heavy atom. The van der Waals surface area contributed by atoms with Gasteiger partial charge in [0.15, 0.2) is 5.78 Å². The maximum absolute atomic E-state index is 13.9. The van der Waals surface area contributed by atoms with E-state index < -0.39 is 5.82 Å². The molecule has 0 radical (unpaired) electrons. The van der Waals surface area contributed by atoms with Gasteiger partial charge >= 0.3 is 0 Å². The van der Waals surface area contributed by atoms with Crippen LogP contribution in [0.25, 0.3) is 0 Å². The molecule has 1 saturated carbocycles. The molecule has 2 rings (SSSR count). The molecular weight excluding hydrogens is 245 g/mol. The van der Waals surface area contributed by atoms with Gasteiger partial charge in [-0.15, -0.1) is 0 Å². The minimum absolute atomic E-state index is 0.115. The Balaban J connectivity index is 2.23. The van der Waals surface area contributed by atoms with Gasteiger partial charge in [-0.25, -0.2) is 4.39 Å². The normalized spacial score (nSPS) is 23.1. The number of hydrogen-bond acceptors (Lipinski definition) is 3. The SMILES string of the molecule is COc1ccc(C(=O)C2CCCCC2CN)c(F)c1. The molecule has 1 aliphatic rings. The van der Waals surface area contributed by atoms with Crippen LogP contribution in [0, 0.1) is 17.7 Å². The Labute approximate surface area is 112 Å². The summed E-state index contributed by atoms with van der Waals surface area (Å²) in [6.07, 6.45) is 3.90. The van der Waals surface area contributed by atoms with Crippen LogP contribution in [0.3, 0.4) is 0 Å². The number of ether oxygens (including phenoxy) is 1. The highest BCUT2D eigenvalue weighted by molar-refractivity contribution is 5.98. The second-order valence-electron chi connectivity index (χ2n) is 5.10. The summed E-state index contributed by atoms with van der Waals surface area (Å²) in [4.78, 5) is 12.5. The second-order valence-corrected chi connectivity index (χ2v) is 5.10. The highest BCUT2D eigenvalue weighted by Gasteiger charge is 2.31. The number of nitrogens with two attached hydrogens (primary N) is 1. The average Bonchev–Trinajstić information content (AvgIpc) is 2.46. The fourth-order valence-corrected chi connectivity index (χ4v) is 2.86. The van der Waals surface area contributed by atoms with Crippen LogP contribution < -0.4 is 10.5 Å². The zero-order chi connectivity index (χ0) is 13.8. The summed E-state index contributed by atoms with van der Waals surface area (Å²) in [5, 5.41) is 0. The van der Waals surface area contributed by atoms with E-state index in [1.54, 1.807) is 6.07 Å². The molecule has 0 aromatic heterocycles. The quantitative estimate of drug-likeness (QED) is 0.852. The maximum Gasteiger partial charge on any atom is 0.169 e. The van der Waals surface area contributed by atoms with Crippen molar-refractivity contribution < 1.29 is 13.9 Å². The Bertz CT molecular complexity index is 461. The molecule has 0 saturated heterocycles. The van der Waals surface area contributed by atoms with E-state index in [0.717, 1.165) is 25.7 Å². The van der Waals surface area contributed by atoms with Crippen molar-refractivity contribution in [1.82, 2.24) is 0 Å². The molecule has 1 aromatic carbocycles. The van der Waals surface area contributed by atoms with Crippen molar-refractivity contribution in [2.45, 2.75) is 25.7 Å². The van der Waals surface area contributed by atoms with Gasteiger partial charge in [0.25, 0.3) is 0 Å². The molecule has 4 heteroatoms. The summed E-state index contributed by atoms with van der Waals surface area (Å²) in [6, 6.07) is 4.39. The Morgan fingerprint density at radius 2 is 2.16 bits per heavy atom. The first-order valence-corrected chi connectivity index (χ1v) is 6.75. The van der Waals surface area contributed by atoms with Gasteiger partial charge < -0.3 is 10.5 Å². The van der Waals surface area contributed by atoms with Crippen LogP contribution in [0.2, 0.25) is 0 Å². The predicted molar refractivity (Wildman–Crippen MR) is 71.8 cm³/mol. The summed E-state index contributed by atoms with van der Waals surface area (Å²) < 4.78 is 18.9.